The monoisotopic (exact) mass is 452 g/mol. The highest BCUT2D eigenvalue weighted by molar-refractivity contribution is 6.30. The van der Waals surface area contributed by atoms with Crippen molar-refractivity contribution in [2.75, 3.05) is 6.54 Å². The van der Waals surface area contributed by atoms with Gasteiger partial charge in [0.05, 0.1) is 17.0 Å². The molecule has 1 aliphatic carbocycles. The van der Waals surface area contributed by atoms with Crippen LogP contribution < -0.4 is 0 Å². The van der Waals surface area contributed by atoms with Gasteiger partial charge in [0.15, 0.2) is 0 Å². The van der Waals surface area contributed by atoms with Crippen LogP contribution in [0, 0.1) is 10.1 Å². The van der Waals surface area contributed by atoms with E-state index < -0.39 is 4.92 Å². The third kappa shape index (κ3) is 4.40. The Balaban J connectivity index is 1.28. The van der Waals surface area contributed by atoms with Crippen LogP contribution in [0.15, 0.2) is 40.9 Å². The first kappa shape index (κ1) is 21.1. The van der Waals surface area contributed by atoms with E-state index in [1.807, 2.05) is 12.3 Å². The molecule has 1 saturated carbocycles. The fraction of sp³-hybridized carbons (Fsp3) is 0.417. The minimum Gasteiger partial charge on any atom is -0.459 e. The van der Waals surface area contributed by atoms with Gasteiger partial charge >= 0.3 is 0 Å². The number of furan rings is 1. The molecule has 1 aromatic carbocycles. The SMILES string of the molecule is O=[N+]([O-])c1cc(Cl)ccc1-c1ccc(CN2CCc3nc(C4CCCCC4)ncc3C2)o1. The van der Waals surface area contributed by atoms with E-state index >= 15 is 0 Å². The second kappa shape index (κ2) is 9.00. The maximum absolute atomic E-state index is 11.4. The van der Waals surface area contributed by atoms with Gasteiger partial charge in [0, 0.05) is 54.0 Å². The fourth-order valence-corrected chi connectivity index (χ4v) is 4.94. The van der Waals surface area contributed by atoms with Crippen LogP contribution in [0.3, 0.4) is 0 Å². The summed E-state index contributed by atoms with van der Waals surface area (Å²) in [6, 6.07) is 8.27. The smallest absolute Gasteiger partial charge is 0.281 e. The summed E-state index contributed by atoms with van der Waals surface area (Å²) in [6.07, 6.45) is 9.20. The molecule has 2 aromatic heterocycles. The van der Waals surface area contributed by atoms with Crippen LogP contribution in [0.1, 0.15) is 60.9 Å². The van der Waals surface area contributed by atoms with Crippen LogP contribution in [0.4, 0.5) is 5.69 Å². The number of hydrogen-bond donors (Lipinski definition) is 0. The number of rotatable bonds is 5. The van der Waals surface area contributed by atoms with Crippen molar-refractivity contribution >= 4 is 17.3 Å². The van der Waals surface area contributed by atoms with Gasteiger partial charge < -0.3 is 4.42 Å². The molecule has 0 atom stereocenters. The molecule has 7 nitrogen and oxygen atoms in total. The lowest BCUT2D eigenvalue weighted by Gasteiger charge is -2.28. The summed E-state index contributed by atoms with van der Waals surface area (Å²) in [4.78, 5) is 22.9. The molecule has 166 valence electrons. The van der Waals surface area contributed by atoms with Gasteiger partial charge in [-0.05, 0) is 37.1 Å². The zero-order valence-electron chi connectivity index (χ0n) is 17.8. The standard InChI is InChI=1S/C24H25ClN4O3/c25-18-6-8-20(22(12-18)29(30)31)23-9-7-19(32-23)15-28-11-10-21-17(14-28)13-26-24(27-21)16-4-2-1-3-5-16/h6-9,12-13,16H,1-5,10-11,14-15H2. The molecule has 1 aliphatic heterocycles. The average Bonchev–Trinajstić information content (AvgIpc) is 3.27. The second-order valence-electron chi connectivity index (χ2n) is 8.68. The van der Waals surface area contributed by atoms with Crippen molar-refractivity contribution < 1.29 is 9.34 Å². The number of benzene rings is 1. The highest BCUT2D eigenvalue weighted by atomic mass is 35.5. The van der Waals surface area contributed by atoms with Crippen molar-refractivity contribution in [1.29, 1.82) is 0 Å². The number of hydrogen-bond acceptors (Lipinski definition) is 6. The molecule has 0 unspecified atom stereocenters. The van der Waals surface area contributed by atoms with Crippen molar-refractivity contribution in [2.45, 2.75) is 57.5 Å². The predicted molar refractivity (Wildman–Crippen MR) is 121 cm³/mol. The summed E-state index contributed by atoms with van der Waals surface area (Å²) in [6.45, 7) is 2.30. The Morgan fingerprint density at radius 2 is 2.03 bits per heavy atom. The Morgan fingerprint density at radius 3 is 2.84 bits per heavy atom. The van der Waals surface area contributed by atoms with E-state index in [0.29, 0.717) is 28.8 Å². The molecule has 32 heavy (non-hydrogen) atoms. The van der Waals surface area contributed by atoms with Crippen molar-refractivity contribution in [3.63, 3.8) is 0 Å². The Bertz CT molecular complexity index is 1140. The highest BCUT2D eigenvalue weighted by Gasteiger charge is 2.24. The van der Waals surface area contributed by atoms with E-state index in [9.17, 15) is 10.1 Å². The first-order valence-corrected chi connectivity index (χ1v) is 11.5. The molecule has 0 saturated heterocycles. The van der Waals surface area contributed by atoms with Crippen molar-refractivity contribution in [2.24, 2.45) is 0 Å². The Morgan fingerprint density at radius 1 is 1.19 bits per heavy atom. The Hall–Kier alpha value is -2.77. The number of fused-ring (bicyclic) bond motifs is 1. The fourth-order valence-electron chi connectivity index (χ4n) is 4.77. The number of halogens is 1. The molecule has 8 heteroatoms. The number of aromatic nitrogens is 2. The third-order valence-corrected chi connectivity index (χ3v) is 6.70. The van der Waals surface area contributed by atoms with E-state index in [1.54, 1.807) is 18.2 Å². The molecule has 0 radical (unpaired) electrons. The van der Waals surface area contributed by atoms with Crippen molar-refractivity contribution in [3.8, 4) is 11.3 Å². The maximum Gasteiger partial charge on any atom is 0.281 e. The molecule has 0 bridgehead atoms. The summed E-state index contributed by atoms with van der Waals surface area (Å²) in [5.74, 6) is 2.79. The lowest BCUT2D eigenvalue weighted by Crippen LogP contribution is -2.31. The van der Waals surface area contributed by atoms with E-state index in [2.05, 4.69) is 4.90 Å². The van der Waals surface area contributed by atoms with Gasteiger partial charge in [0.2, 0.25) is 0 Å². The minimum atomic E-state index is -0.438. The topological polar surface area (TPSA) is 85.3 Å². The number of nitro benzene ring substituents is 1. The van der Waals surface area contributed by atoms with E-state index in [-0.39, 0.29) is 5.69 Å². The molecule has 3 aromatic rings. The van der Waals surface area contributed by atoms with Gasteiger partial charge in [-0.1, -0.05) is 30.9 Å². The summed E-state index contributed by atoms with van der Waals surface area (Å²) in [7, 11) is 0. The predicted octanol–water partition coefficient (Wildman–Crippen LogP) is 5.90. The van der Waals surface area contributed by atoms with E-state index in [1.165, 1.54) is 49.4 Å². The highest BCUT2D eigenvalue weighted by Crippen LogP contribution is 2.34. The van der Waals surface area contributed by atoms with E-state index in [4.69, 9.17) is 26.0 Å². The van der Waals surface area contributed by atoms with Gasteiger partial charge in [-0.3, -0.25) is 15.0 Å². The molecule has 0 spiro atoms. The first-order valence-electron chi connectivity index (χ1n) is 11.2. The zero-order chi connectivity index (χ0) is 22.1. The molecule has 5 rings (SSSR count). The molecular weight excluding hydrogens is 428 g/mol. The van der Waals surface area contributed by atoms with Crippen LogP contribution in [0.2, 0.25) is 5.02 Å². The van der Waals surface area contributed by atoms with Gasteiger partial charge in [-0.2, -0.15) is 0 Å². The van der Waals surface area contributed by atoms with Crippen LogP contribution >= 0.6 is 11.6 Å². The second-order valence-corrected chi connectivity index (χ2v) is 9.12. The molecule has 0 amide bonds. The van der Waals surface area contributed by atoms with Crippen molar-refractivity contribution in [3.05, 3.63) is 74.5 Å². The third-order valence-electron chi connectivity index (χ3n) is 6.46. The largest absolute Gasteiger partial charge is 0.459 e. The summed E-state index contributed by atoms with van der Waals surface area (Å²) < 4.78 is 5.97. The molecule has 1 fully saturated rings. The van der Waals surface area contributed by atoms with Crippen LogP contribution in [-0.2, 0) is 19.5 Å². The van der Waals surface area contributed by atoms with E-state index in [0.717, 1.165) is 31.1 Å². The zero-order valence-corrected chi connectivity index (χ0v) is 18.6. The van der Waals surface area contributed by atoms with Gasteiger partial charge in [-0.25, -0.2) is 9.97 Å². The molecule has 3 heterocycles. The maximum atomic E-state index is 11.4. The van der Waals surface area contributed by atoms with Gasteiger partial charge in [0.25, 0.3) is 5.69 Å². The number of nitro groups is 1. The summed E-state index contributed by atoms with van der Waals surface area (Å²) in [5, 5.41) is 11.7. The van der Waals surface area contributed by atoms with Crippen LogP contribution in [0.5, 0.6) is 0 Å². The van der Waals surface area contributed by atoms with Gasteiger partial charge in [0.1, 0.15) is 17.3 Å². The molecular formula is C24H25ClN4O3. The molecule has 0 N–H and O–H groups in total. The first-order chi connectivity index (χ1) is 15.6. The Labute approximate surface area is 191 Å². The summed E-state index contributed by atoms with van der Waals surface area (Å²) in [5.41, 5.74) is 2.72. The quantitative estimate of drug-likeness (QED) is 0.353. The minimum absolute atomic E-state index is 0.0591. The van der Waals surface area contributed by atoms with Gasteiger partial charge in [-0.15, -0.1) is 0 Å². The van der Waals surface area contributed by atoms with Crippen molar-refractivity contribution in [1.82, 2.24) is 14.9 Å². The van der Waals surface area contributed by atoms with Crippen LogP contribution in [-0.4, -0.2) is 26.3 Å². The lowest BCUT2D eigenvalue weighted by atomic mass is 9.88. The molecule has 2 aliphatic rings. The number of nitrogens with zero attached hydrogens (tertiary/aromatic N) is 4. The lowest BCUT2D eigenvalue weighted by molar-refractivity contribution is -0.384. The Kier molecular flexibility index (Phi) is 5.93. The van der Waals surface area contributed by atoms with Crippen LogP contribution in [0.25, 0.3) is 11.3 Å². The summed E-state index contributed by atoms with van der Waals surface area (Å²) >= 11 is 5.93. The normalized spacial score (nSPS) is 17.3. The average molecular weight is 453 g/mol.